The van der Waals surface area contributed by atoms with Gasteiger partial charge in [-0.05, 0) is 0 Å². The van der Waals surface area contributed by atoms with Crippen molar-refractivity contribution < 1.29 is 4.79 Å². The lowest BCUT2D eigenvalue weighted by Crippen LogP contribution is -2.19. The van der Waals surface area contributed by atoms with E-state index in [0.717, 1.165) is 11.3 Å². The van der Waals surface area contributed by atoms with E-state index in [1.54, 1.807) is 13.2 Å². The Morgan fingerprint density at radius 3 is 2.44 bits per heavy atom. The van der Waals surface area contributed by atoms with Gasteiger partial charge in [0.25, 0.3) is 5.91 Å². The van der Waals surface area contributed by atoms with Crippen LogP contribution in [0, 0.1) is 0 Å². The van der Waals surface area contributed by atoms with Gasteiger partial charge in [0.05, 0.1) is 18.1 Å². The first kappa shape index (κ1) is 10.3. The van der Waals surface area contributed by atoms with Crippen molar-refractivity contribution in [2.24, 2.45) is 0 Å². The molecule has 0 saturated heterocycles. The van der Waals surface area contributed by atoms with Crippen LogP contribution in [0.2, 0.25) is 0 Å². The number of nitrogens with one attached hydrogen (secondary N) is 1. The molecule has 0 bridgehead atoms. The zero-order valence-corrected chi connectivity index (χ0v) is 8.84. The first-order valence-corrected chi connectivity index (χ1v) is 4.91. The van der Waals surface area contributed by atoms with E-state index in [4.69, 9.17) is 0 Å². The van der Waals surface area contributed by atoms with Gasteiger partial charge in [-0.15, -0.1) is 0 Å². The van der Waals surface area contributed by atoms with Gasteiger partial charge in [-0.1, -0.05) is 30.3 Å². The number of aromatic nitrogens is 2. The SMILES string of the molecule is CNC(=O)c1cnc(-c2ccccc2)cn1. The van der Waals surface area contributed by atoms with Crippen LogP contribution in [0.4, 0.5) is 0 Å². The Labute approximate surface area is 93.4 Å². The van der Waals surface area contributed by atoms with Gasteiger partial charge in [-0.2, -0.15) is 0 Å². The largest absolute Gasteiger partial charge is 0.354 e. The van der Waals surface area contributed by atoms with Crippen molar-refractivity contribution in [1.29, 1.82) is 0 Å². The Hall–Kier alpha value is -2.23. The Morgan fingerprint density at radius 1 is 1.12 bits per heavy atom. The highest BCUT2D eigenvalue weighted by atomic mass is 16.1. The summed E-state index contributed by atoms with van der Waals surface area (Å²) in [5.74, 6) is -0.230. The van der Waals surface area contributed by atoms with Crippen molar-refractivity contribution in [2.75, 3.05) is 7.05 Å². The molecule has 0 aliphatic carbocycles. The molecule has 1 aromatic heterocycles. The maximum Gasteiger partial charge on any atom is 0.271 e. The molecule has 0 aliphatic rings. The Bertz CT molecular complexity index is 479. The molecule has 4 nitrogen and oxygen atoms in total. The Kier molecular flexibility index (Phi) is 2.91. The molecule has 0 fully saturated rings. The van der Waals surface area contributed by atoms with Crippen LogP contribution in [0.5, 0.6) is 0 Å². The lowest BCUT2D eigenvalue weighted by Gasteiger charge is -2.01. The predicted molar refractivity (Wildman–Crippen MR) is 60.9 cm³/mol. The molecule has 0 aliphatic heterocycles. The molecule has 2 aromatic rings. The molecule has 0 unspecified atom stereocenters. The first-order chi connectivity index (χ1) is 7.81. The average molecular weight is 213 g/mol. The molecule has 1 N–H and O–H groups in total. The van der Waals surface area contributed by atoms with Crippen molar-refractivity contribution in [2.45, 2.75) is 0 Å². The third kappa shape index (κ3) is 2.06. The van der Waals surface area contributed by atoms with Crippen LogP contribution in [0.15, 0.2) is 42.7 Å². The lowest BCUT2D eigenvalue weighted by molar-refractivity contribution is 0.0958. The molecule has 0 radical (unpaired) electrons. The van der Waals surface area contributed by atoms with E-state index in [9.17, 15) is 4.79 Å². The molecule has 80 valence electrons. The molecule has 4 heteroatoms. The monoisotopic (exact) mass is 213 g/mol. The zero-order chi connectivity index (χ0) is 11.4. The van der Waals surface area contributed by atoms with Crippen LogP contribution in [-0.4, -0.2) is 22.9 Å². The highest BCUT2D eigenvalue weighted by Crippen LogP contribution is 2.14. The minimum atomic E-state index is -0.230. The molecule has 0 spiro atoms. The van der Waals surface area contributed by atoms with Crippen molar-refractivity contribution in [1.82, 2.24) is 15.3 Å². The number of carbonyl (C=O) groups excluding carboxylic acids is 1. The van der Waals surface area contributed by atoms with E-state index in [1.807, 2.05) is 30.3 Å². The fourth-order valence-electron chi connectivity index (χ4n) is 1.33. The second-order valence-electron chi connectivity index (χ2n) is 3.23. The quantitative estimate of drug-likeness (QED) is 0.822. The fourth-order valence-corrected chi connectivity index (χ4v) is 1.33. The topological polar surface area (TPSA) is 54.9 Å². The second-order valence-corrected chi connectivity index (χ2v) is 3.23. The number of nitrogens with zero attached hydrogens (tertiary/aromatic N) is 2. The van der Waals surface area contributed by atoms with E-state index in [1.165, 1.54) is 6.20 Å². The number of amides is 1. The normalized spacial score (nSPS) is 9.81. The van der Waals surface area contributed by atoms with E-state index in [2.05, 4.69) is 15.3 Å². The van der Waals surface area contributed by atoms with Gasteiger partial charge < -0.3 is 5.32 Å². The van der Waals surface area contributed by atoms with Gasteiger partial charge in [-0.25, -0.2) is 4.98 Å². The summed E-state index contributed by atoms with van der Waals surface area (Å²) in [5.41, 5.74) is 2.06. The van der Waals surface area contributed by atoms with E-state index in [0.29, 0.717) is 5.69 Å². The smallest absolute Gasteiger partial charge is 0.271 e. The van der Waals surface area contributed by atoms with Crippen LogP contribution in [0.3, 0.4) is 0 Å². The summed E-state index contributed by atoms with van der Waals surface area (Å²) in [6.07, 6.45) is 3.07. The number of carbonyl (C=O) groups is 1. The Balaban J connectivity index is 2.30. The van der Waals surface area contributed by atoms with Crippen LogP contribution < -0.4 is 5.32 Å². The maximum atomic E-state index is 11.2. The third-order valence-electron chi connectivity index (χ3n) is 2.18. The van der Waals surface area contributed by atoms with Crippen molar-refractivity contribution in [3.05, 3.63) is 48.4 Å². The average Bonchev–Trinajstić information content (AvgIpc) is 2.39. The summed E-state index contributed by atoms with van der Waals surface area (Å²) < 4.78 is 0. The molecular formula is C12H11N3O. The van der Waals surface area contributed by atoms with Crippen molar-refractivity contribution in [3.63, 3.8) is 0 Å². The van der Waals surface area contributed by atoms with Crippen LogP contribution >= 0.6 is 0 Å². The maximum absolute atomic E-state index is 11.2. The van der Waals surface area contributed by atoms with Gasteiger partial charge in [0.1, 0.15) is 5.69 Å². The lowest BCUT2D eigenvalue weighted by atomic mass is 10.2. The predicted octanol–water partition coefficient (Wildman–Crippen LogP) is 1.50. The fraction of sp³-hybridized carbons (Fsp3) is 0.0833. The van der Waals surface area contributed by atoms with Gasteiger partial charge >= 0.3 is 0 Å². The zero-order valence-electron chi connectivity index (χ0n) is 8.84. The van der Waals surface area contributed by atoms with Crippen LogP contribution in [0.1, 0.15) is 10.5 Å². The van der Waals surface area contributed by atoms with Gasteiger partial charge in [0.2, 0.25) is 0 Å². The van der Waals surface area contributed by atoms with Gasteiger partial charge in [0.15, 0.2) is 0 Å². The van der Waals surface area contributed by atoms with Gasteiger partial charge in [-0.3, -0.25) is 9.78 Å². The summed E-state index contributed by atoms with van der Waals surface area (Å²) in [5, 5.41) is 2.50. The summed E-state index contributed by atoms with van der Waals surface area (Å²) >= 11 is 0. The molecule has 1 aromatic carbocycles. The minimum Gasteiger partial charge on any atom is -0.354 e. The van der Waals surface area contributed by atoms with Crippen molar-refractivity contribution in [3.8, 4) is 11.3 Å². The van der Waals surface area contributed by atoms with Gasteiger partial charge in [0, 0.05) is 12.6 Å². The summed E-state index contributed by atoms with van der Waals surface area (Å²) in [4.78, 5) is 19.5. The number of rotatable bonds is 2. The minimum absolute atomic E-state index is 0.230. The summed E-state index contributed by atoms with van der Waals surface area (Å²) in [6, 6.07) is 9.70. The number of hydrogen-bond donors (Lipinski definition) is 1. The molecule has 1 heterocycles. The van der Waals surface area contributed by atoms with E-state index >= 15 is 0 Å². The van der Waals surface area contributed by atoms with E-state index in [-0.39, 0.29) is 5.91 Å². The first-order valence-electron chi connectivity index (χ1n) is 4.91. The highest BCUT2D eigenvalue weighted by molar-refractivity contribution is 5.91. The standard InChI is InChI=1S/C12H11N3O/c1-13-12(16)11-8-14-10(7-15-11)9-5-3-2-4-6-9/h2-8H,1H3,(H,13,16). The summed E-state index contributed by atoms with van der Waals surface area (Å²) in [6.45, 7) is 0. The summed E-state index contributed by atoms with van der Waals surface area (Å²) in [7, 11) is 1.56. The number of hydrogen-bond acceptors (Lipinski definition) is 3. The van der Waals surface area contributed by atoms with Crippen molar-refractivity contribution >= 4 is 5.91 Å². The highest BCUT2D eigenvalue weighted by Gasteiger charge is 2.05. The molecule has 0 saturated carbocycles. The van der Waals surface area contributed by atoms with Crippen LogP contribution in [0.25, 0.3) is 11.3 Å². The van der Waals surface area contributed by atoms with E-state index < -0.39 is 0 Å². The van der Waals surface area contributed by atoms with Crippen LogP contribution in [-0.2, 0) is 0 Å². The molecule has 16 heavy (non-hydrogen) atoms. The number of benzene rings is 1. The second kappa shape index (κ2) is 4.53. The molecule has 2 rings (SSSR count). The molecular weight excluding hydrogens is 202 g/mol. The molecule has 1 amide bonds. The molecule has 0 atom stereocenters. The Morgan fingerprint density at radius 2 is 1.88 bits per heavy atom. The third-order valence-corrected chi connectivity index (χ3v) is 2.18.